The molecular weight excluding hydrogens is 1020 g/mol. The second-order valence-corrected chi connectivity index (χ2v) is 23.4. The molecular formula is C40H51ClF2N6O16P2S2. The first-order valence-electron chi connectivity index (χ1n) is 20.3. The van der Waals surface area contributed by atoms with Crippen LogP contribution >= 0.6 is 23.7 Å². The smallest absolute Gasteiger partial charge is 0.330 e. The van der Waals surface area contributed by atoms with E-state index in [0.717, 1.165) is 47.5 Å². The second-order valence-electron chi connectivity index (χ2n) is 15.3. The highest BCUT2D eigenvalue weighted by Gasteiger charge is 2.56. The average Bonchev–Trinajstić information content (AvgIpc) is 3.66. The lowest BCUT2D eigenvalue weighted by Crippen LogP contribution is -2.43. The molecule has 2 aliphatic heterocycles. The molecule has 2 saturated heterocycles. The van der Waals surface area contributed by atoms with Crippen molar-refractivity contribution >= 4 is 59.2 Å². The van der Waals surface area contributed by atoms with Gasteiger partial charge in [0.05, 0.1) is 27.4 Å². The molecule has 7 N–H and O–H groups in total. The van der Waals surface area contributed by atoms with E-state index in [9.17, 15) is 43.4 Å². The highest BCUT2D eigenvalue weighted by atomic mass is 35.7. The maximum Gasteiger partial charge on any atom is 0.330 e. The van der Waals surface area contributed by atoms with E-state index < -0.39 is 120 Å². The SMILES string of the molecule is COC(=O)[C@H](C)NP(=S)(Cl)Oc1ccccc1.COC(=O)[C@H](C)NP(=S)(OC[C@H]1O[C@@H](n2ccc(=O)[nH]c2=O)[C@](C)(F)[C@@H]1O)Oc1ccccc1.C[C@@]1(F)[C@H](O)[C@@H](CO)O[C@H]1n1ccc(=O)[nH]c1=O. The van der Waals surface area contributed by atoms with Crippen molar-refractivity contribution in [1.82, 2.24) is 29.3 Å². The van der Waals surface area contributed by atoms with Crippen LogP contribution in [-0.4, -0.2) is 122 Å². The zero-order valence-corrected chi connectivity index (χ0v) is 41.7. The molecule has 6 rings (SSSR count). The molecule has 0 spiro atoms. The molecule has 0 bridgehead atoms. The summed E-state index contributed by atoms with van der Waals surface area (Å²) in [4.78, 5) is 73.0. The molecule has 2 aromatic heterocycles. The van der Waals surface area contributed by atoms with Gasteiger partial charge in [-0.2, -0.15) is 0 Å². The number of aliphatic hydroxyl groups excluding tert-OH is 3. The van der Waals surface area contributed by atoms with Crippen molar-refractivity contribution in [2.24, 2.45) is 0 Å². The molecule has 0 aliphatic carbocycles. The van der Waals surface area contributed by atoms with Gasteiger partial charge in [0.1, 0.15) is 48.0 Å². The Hall–Kier alpha value is -4.53. The normalized spacial score (nSPS) is 26.6. The van der Waals surface area contributed by atoms with Crippen LogP contribution in [0.2, 0.25) is 0 Å². The Morgan fingerprint density at radius 3 is 1.57 bits per heavy atom. The first-order valence-corrected chi connectivity index (χ1v) is 26.6. The van der Waals surface area contributed by atoms with Crippen molar-refractivity contribution in [2.45, 2.75) is 88.0 Å². The number of nitrogens with one attached hydrogen (secondary N) is 4. The number of rotatable bonds is 16. The van der Waals surface area contributed by atoms with Crippen LogP contribution in [0.4, 0.5) is 8.78 Å². The van der Waals surface area contributed by atoms with Crippen molar-refractivity contribution in [3.8, 4) is 11.5 Å². The zero-order chi connectivity index (χ0) is 51.5. The molecule has 0 amide bonds. The molecule has 4 heterocycles. The van der Waals surface area contributed by atoms with Gasteiger partial charge in [0.2, 0.25) is 0 Å². The monoisotopic (exact) mass is 1070 g/mol. The summed E-state index contributed by atoms with van der Waals surface area (Å²) < 4.78 is 68.4. The van der Waals surface area contributed by atoms with E-state index in [1.54, 1.807) is 49.4 Å². The fourth-order valence-corrected chi connectivity index (χ4v) is 11.2. The molecule has 2 unspecified atom stereocenters. The molecule has 380 valence electrons. The minimum atomic E-state index is -3.44. The lowest BCUT2D eigenvalue weighted by Gasteiger charge is -2.27. The molecule has 0 saturated carbocycles. The van der Waals surface area contributed by atoms with Gasteiger partial charge in [-0.05, 0) is 86.8 Å². The highest BCUT2D eigenvalue weighted by molar-refractivity contribution is 8.23. The number of esters is 2. The van der Waals surface area contributed by atoms with Gasteiger partial charge in [0.15, 0.2) is 23.8 Å². The van der Waals surface area contributed by atoms with Crippen LogP contribution in [0, 0.1) is 0 Å². The van der Waals surface area contributed by atoms with Gasteiger partial charge in [0.25, 0.3) is 16.9 Å². The maximum atomic E-state index is 15.4. The summed E-state index contributed by atoms with van der Waals surface area (Å²) in [6.45, 7) is 0.801. The third-order valence-electron chi connectivity index (χ3n) is 9.97. The number of hydrogen-bond donors (Lipinski definition) is 7. The molecule has 29 heteroatoms. The molecule has 2 aliphatic rings. The fraction of sp³-hybridized carbons (Fsp3) is 0.450. The Labute approximate surface area is 406 Å². The van der Waals surface area contributed by atoms with Gasteiger partial charge in [-0.1, -0.05) is 36.4 Å². The average molecular weight is 1070 g/mol. The first-order chi connectivity index (χ1) is 32.3. The predicted molar refractivity (Wildman–Crippen MR) is 252 cm³/mol. The highest BCUT2D eigenvalue weighted by Crippen LogP contribution is 2.50. The molecule has 22 nitrogen and oxygen atoms in total. The van der Waals surface area contributed by atoms with Crippen LogP contribution in [0.25, 0.3) is 0 Å². The molecule has 0 radical (unpaired) electrons. The van der Waals surface area contributed by atoms with Crippen molar-refractivity contribution in [2.75, 3.05) is 27.4 Å². The number of para-hydroxylation sites is 2. The van der Waals surface area contributed by atoms with Crippen molar-refractivity contribution < 1.29 is 66.2 Å². The van der Waals surface area contributed by atoms with Gasteiger partial charge < -0.3 is 47.8 Å². The summed E-state index contributed by atoms with van der Waals surface area (Å²) in [5.41, 5.74) is -7.69. The van der Waals surface area contributed by atoms with E-state index in [1.165, 1.54) is 21.1 Å². The number of hydrogen-bond acceptors (Lipinski definition) is 18. The number of nitrogens with zero attached hydrogens (tertiary/aromatic N) is 2. The van der Waals surface area contributed by atoms with Crippen LogP contribution in [0.1, 0.15) is 40.2 Å². The summed E-state index contributed by atoms with van der Waals surface area (Å²) in [6, 6.07) is 18.0. The van der Waals surface area contributed by atoms with E-state index >= 15 is 4.39 Å². The van der Waals surface area contributed by atoms with Gasteiger partial charge in [-0.3, -0.25) is 38.3 Å². The summed E-state index contributed by atoms with van der Waals surface area (Å²) in [7, 11) is 2.52. The third-order valence-corrected chi connectivity index (χ3v) is 14.7. The van der Waals surface area contributed by atoms with Crippen LogP contribution in [0.5, 0.6) is 11.5 Å². The van der Waals surface area contributed by atoms with Gasteiger partial charge in [-0.25, -0.2) is 28.5 Å². The maximum absolute atomic E-state index is 15.4. The van der Waals surface area contributed by atoms with Crippen molar-refractivity contribution in [1.29, 1.82) is 0 Å². The predicted octanol–water partition coefficient (Wildman–Crippen LogP) is 2.19. The van der Waals surface area contributed by atoms with Crippen LogP contribution in [0.3, 0.4) is 0 Å². The summed E-state index contributed by atoms with van der Waals surface area (Å²) in [5.74, 6) is -2.90. The summed E-state index contributed by atoms with van der Waals surface area (Å²) in [5, 5.41) is 34.7. The molecule has 2 fully saturated rings. The lowest BCUT2D eigenvalue weighted by molar-refractivity contribution is -0.142. The van der Waals surface area contributed by atoms with E-state index in [2.05, 4.69) is 14.9 Å². The Morgan fingerprint density at radius 2 is 1.16 bits per heavy atom. The minimum absolute atomic E-state index is 0.358. The third kappa shape index (κ3) is 15.2. The number of aliphatic hydroxyl groups is 3. The van der Waals surface area contributed by atoms with Crippen LogP contribution in [-0.2, 0) is 56.7 Å². The van der Waals surface area contributed by atoms with Gasteiger partial charge in [0, 0.05) is 24.5 Å². The standard InChI is InChI=1S/C20H25FN3O8PS.C10H13ClNO3PS.C10H13FN2O5/c1-12(17(27)29-3)23-33(34,32-13-7-5-4-6-8-13)30-11-14-16(26)20(2,21)18(31-14)24-10-9-15(25)22-19(24)28;1-8(10(13)14-2)12-16(11,17)15-9-6-4-3-5-7-9;1-10(11)7(16)5(4-14)18-8(10)13-3-2-6(15)12-9(13)17/h4-10,12,14,16,18,26H,11H2,1-3H3,(H,23,34)(H,22,25,28);3-8H,1-2H3,(H,12,17);2-3,5,7-8,14,16H,4H2,1H3,(H,12,15,17)/t12-,14+,16+,18+,20+,33?;8-,16?;5-,7-,8-,10-/m001/s1. The van der Waals surface area contributed by atoms with Gasteiger partial charge in [-0.15, -0.1) is 0 Å². The Morgan fingerprint density at radius 1 is 0.754 bits per heavy atom. The van der Waals surface area contributed by atoms with E-state index in [0.29, 0.717) is 11.5 Å². The van der Waals surface area contributed by atoms with Gasteiger partial charge >= 0.3 is 30.0 Å². The number of aromatic nitrogens is 4. The quantitative estimate of drug-likeness (QED) is 0.0625. The Kier molecular flexibility index (Phi) is 20.3. The topological polar surface area (TPSA) is 293 Å². The van der Waals surface area contributed by atoms with Crippen molar-refractivity contribution in [3.05, 3.63) is 127 Å². The van der Waals surface area contributed by atoms with E-state index in [1.807, 2.05) is 28.2 Å². The largest absolute Gasteiger partial charge is 0.468 e. The number of benzene rings is 2. The minimum Gasteiger partial charge on any atom is -0.468 e. The Balaban J connectivity index is 0.000000249. The van der Waals surface area contributed by atoms with E-state index in [-0.39, 0.29) is 0 Å². The van der Waals surface area contributed by atoms with Crippen LogP contribution in [0.15, 0.2) is 104 Å². The van der Waals surface area contributed by atoms with E-state index in [4.69, 9.17) is 67.7 Å². The summed E-state index contributed by atoms with van der Waals surface area (Å²) >= 11 is 16.7. The number of carbonyl (C=O) groups is 2. The summed E-state index contributed by atoms with van der Waals surface area (Å²) in [6.07, 6.45) is -6.46. The number of alkyl halides is 2. The number of methoxy groups -OCH3 is 2. The first kappa shape index (κ1) is 57.1. The lowest BCUT2D eigenvalue weighted by atomic mass is 9.98. The molecule has 2 aromatic carbocycles. The number of ether oxygens (including phenoxy) is 4. The number of halogens is 3. The number of H-pyrrole nitrogens is 2. The number of aromatic amines is 2. The second kappa shape index (κ2) is 24.5. The van der Waals surface area contributed by atoms with Crippen LogP contribution < -0.4 is 41.7 Å². The Bertz CT molecular complexity index is 2700. The number of carbonyl (C=O) groups excluding carboxylic acids is 2. The molecule has 12 atom stereocenters. The molecule has 4 aromatic rings. The fourth-order valence-electron chi connectivity index (χ4n) is 6.39. The van der Waals surface area contributed by atoms with Crippen molar-refractivity contribution in [3.63, 3.8) is 0 Å². The zero-order valence-electron chi connectivity index (χ0n) is 37.5. The molecule has 69 heavy (non-hydrogen) atoms.